The fourth-order valence-electron chi connectivity index (χ4n) is 3.98. The van der Waals surface area contributed by atoms with E-state index in [9.17, 15) is 23.1 Å². The van der Waals surface area contributed by atoms with E-state index in [-0.39, 0.29) is 12.2 Å². The lowest BCUT2D eigenvalue weighted by Crippen LogP contribution is -2.48. The Bertz CT molecular complexity index is 1650. The molecular weight excluding hydrogens is 527 g/mol. The summed E-state index contributed by atoms with van der Waals surface area (Å²) < 4.78 is 76.0. The fraction of sp³-hybridized carbons (Fsp3) is 0.167. The van der Waals surface area contributed by atoms with Crippen LogP contribution >= 0.6 is 0 Å². The molecule has 1 unspecified atom stereocenters. The molecule has 5 rings (SSSR count). The smallest absolute Gasteiger partial charge is 0.350 e. The third-order valence-electron chi connectivity index (χ3n) is 6.01. The van der Waals surface area contributed by atoms with Gasteiger partial charge in [-0.1, -0.05) is 12.1 Å². The summed E-state index contributed by atoms with van der Waals surface area (Å²) in [7, 11) is 0. The number of halogens is 5. The molecule has 0 radical (unpaired) electrons. The van der Waals surface area contributed by atoms with Gasteiger partial charge in [-0.3, -0.25) is 4.98 Å². The molecular formula is C24H17F5N8O2. The fourth-order valence-corrected chi connectivity index (χ4v) is 3.98. The second-order valence-corrected chi connectivity index (χ2v) is 8.54. The van der Waals surface area contributed by atoms with Crippen LogP contribution in [0.15, 0.2) is 78.2 Å². The third-order valence-corrected chi connectivity index (χ3v) is 6.01. The largest absolute Gasteiger partial charge is 0.377 e. The summed E-state index contributed by atoms with van der Waals surface area (Å²) in [5, 5.41) is 25.3. The SMILES string of the molecule is O=c1n(-c2ccc(C(F)(F)C(O)(Cn3cnnn3)c3ccc(F)cc3F)nc2)cnn1Cc1ccc(F)cc1. The van der Waals surface area contributed by atoms with Gasteiger partial charge in [0, 0.05) is 11.6 Å². The maximum atomic E-state index is 15.9. The number of benzene rings is 2. The zero-order chi connectivity index (χ0) is 27.8. The molecule has 2 aromatic carbocycles. The molecule has 0 saturated heterocycles. The molecule has 1 atom stereocenters. The molecule has 0 saturated carbocycles. The van der Waals surface area contributed by atoms with Crippen molar-refractivity contribution in [2.45, 2.75) is 24.6 Å². The van der Waals surface area contributed by atoms with Crippen molar-refractivity contribution >= 4 is 0 Å². The summed E-state index contributed by atoms with van der Waals surface area (Å²) in [5.74, 6) is -7.14. The van der Waals surface area contributed by atoms with E-state index in [1.165, 1.54) is 24.3 Å². The van der Waals surface area contributed by atoms with Crippen molar-refractivity contribution in [3.05, 3.63) is 118 Å². The van der Waals surface area contributed by atoms with Crippen molar-refractivity contribution in [1.82, 2.24) is 39.5 Å². The number of hydrogen-bond donors (Lipinski definition) is 1. The summed E-state index contributed by atoms with van der Waals surface area (Å²) in [5.41, 5.74) is -5.13. The maximum Gasteiger partial charge on any atom is 0.350 e. The van der Waals surface area contributed by atoms with E-state index in [0.29, 0.717) is 17.7 Å². The number of hydrogen-bond acceptors (Lipinski definition) is 7. The zero-order valence-electron chi connectivity index (χ0n) is 19.7. The van der Waals surface area contributed by atoms with Crippen LogP contribution in [0.5, 0.6) is 0 Å². The molecule has 0 aliphatic carbocycles. The molecule has 1 N–H and O–H groups in total. The number of aromatic nitrogens is 8. The van der Waals surface area contributed by atoms with Gasteiger partial charge in [-0.05, 0) is 52.4 Å². The Labute approximate surface area is 215 Å². The second-order valence-electron chi connectivity index (χ2n) is 8.54. The average molecular weight is 544 g/mol. The highest BCUT2D eigenvalue weighted by Gasteiger charge is 2.58. The lowest BCUT2D eigenvalue weighted by atomic mass is 9.84. The van der Waals surface area contributed by atoms with Crippen LogP contribution in [-0.2, 0) is 24.6 Å². The molecule has 39 heavy (non-hydrogen) atoms. The molecule has 200 valence electrons. The van der Waals surface area contributed by atoms with Gasteiger partial charge >= 0.3 is 11.6 Å². The maximum absolute atomic E-state index is 15.9. The first-order valence-electron chi connectivity index (χ1n) is 11.2. The highest BCUT2D eigenvalue weighted by molar-refractivity contribution is 5.34. The zero-order valence-corrected chi connectivity index (χ0v) is 19.7. The van der Waals surface area contributed by atoms with E-state index in [4.69, 9.17) is 0 Å². The highest BCUT2D eigenvalue weighted by atomic mass is 19.3. The monoisotopic (exact) mass is 544 g/mol. The molecule has 3 heterocycles. The predicted molar refractivity (Wildman–Crippen MR) is 123 cm³/mol. The van der Waals surface area contributed by atoms with Crippen LogP contribution in [0.4, 0.5) is 22.0 Å². The number of rotatable bonds is 8. The minimum Gasteiger partial charge on any atom is -0.377 e. The van der Waals surface area contributed by atoms with Crippen LogP contribution in [0, 0.1) is 17.5 Å². The van der Waals surface area contributed by atoms with Gasteiger partial charge in [0.15, 0.2) is 5.60 Å². The van der Waals surface area contributed by atoms with Crippen LogP contribution in [0.2, 0.25) is 0 Å². The van der Waals surface area contributed by atoms with E-state index in [0.717, 1.165) is 51.0 Å². The van der Waals surface area contributed by atoms with Gasteiger partial charge in [-0.25, -0.2) is 31.9 Å². The van der Waals surface area contributed by atoms with Crippen molar-refractivity contribution in [1.29, 1.82) is 0 Å². The first-order chi connectivity index (χ1) is 18.6. The lowest BCUT2D eigenvalue weighted by molar-refractivity contribution is -0.207. The summed E-state index contributed by atoms with van der Waals surface area (Å²) in [6.45, 7) is -0.975. The van der Waals surface area contributed by atoms with Gasteiger partial charge in [-0.15, -0.1) is 5.10 Å². The van der Waals surface area contributed by atoms with Gasteiger partial charge in [0.25, 0.3) is 0 Å². The molecule has 0 aliphatic heterocycles. The van der Waals surface area contributed by atoms with Crippen LogP contribution in [-0.4, -0.2) is 44.6 Å². The normalized spacial score (nSPS) is 13.4. The van der Waals surface area contributed by atoms with Crippen molar-refractivity contribution < 1.29 is 27.1 Å². The summed E-state index contributed by atoms with van der Waals surface area (Å²) >= 11 is 0. The third kappa shape index (κ3) is 4.79. The Morgan fingerprint density at radius 2 is 1.67 bits per heavy atom. The Kier molecular flexibility index (Phi) is 6.51. The number of nitrogens with zero attached hydrogens (tertiary/aromatic N) is 8. The molecule has 15 heteroatoms. The first kappa shape index (κ1) is 25.8. The number of aliphatic hydroxyl groups is 1. The molecule has 10 nitrogen and oxygen atoms in total. The van der Waals surface area contributed by atoms with Crippen molar-refractivity contribution in [3.63, 3.8) is 0 Å². The van der Waals surface area contributed by atoms with Gasteiger partial charge in [-0.2, -0.15) is 13.9 Å². The predicted octanol–water partition coefficient (Wildman–Crippen LogP) is 2.56. The molecule has 0 bridgehead atoms. The number of tetrazole rings is 1. The standard InChI is InChI=1S/C24H17F5N8O2/c25-16-3-1-15(2-4-16)11-37-22(38)36(14-32-37)18-6-8-21(30-10-18)24(28,29)23(39,12-35-13-31-33-34-35)19-7-5-17(26)9-20(19)27/h1-10,13-14,39H,11-12H2. The Morgan fingerprint density at radius 1 is 0.923 bits per heavy atom. The van der Waals surface area contributed by atoms with Gasteiger partial charge in [0.2, 0.25) is 0 Å². The molecule has 0 spiro atoms. The first-order valence-corrected chi connectivity index (χ1v) is 11.2. The molecule has 0 fully saturated rings. The van der Waals surface area contributed by atoms with Gasteiger partial charge < -0.3 is 5.11 Å². The van der Waals surface area contributed by atoms with Crippen molar-refractivity contribution in [2.24, 2.45) is 0 Å². The lowest BCUT2D eigenvalue weighted by Gasteiger charge is -2.35. The minimum atomic E-state index is -4.26. The van der Waals surface area contributed by atoms with Crippen molar-refractivity contribution in [2.75, 3.05) is 0 Å². The van der Waals surface area contributed by atoms with E-state index >= 15 is 8.78 Å². The van der Waals surface area contributed by atoms with E-state index in [1.807, 2.05) is 0 Å². The van der Waals surface area contributed by atoms with Gasteiger partial charge in [0.05, 0.1) is 25.0 Å². The second kappa shape index (κ2) is 9.83. The number of pyridine rings is 1. The van der Waals surface area contributed by atoms with Crippen LogP contribution in [0.1, 0.15) is 16.8 Å². The van der Waals surface area contributed by atoms with E-state index in [1.54, 1.807) is 0 Å². The quantitative estimate of drug-likeness (QED) is 0.299. The van der Waals surface area contributed by atoms with E-state index in [2.05, 4.69) is 25.6 Å². The van der Waals surface area contributed by atoms with Gasteiger partial charge in [0.1, 0.15) is 35.8 Å². The molecule has 0 aliphatic rings. The highest BCUT2D eigenvalue weighted by Crippen LogP contribution is 2.46. The summed E-state index contributed by atoms with van der Waals surface area (Å²) in [4.78, 5) is 16.5. The van der Waals surface area contributed by atoms with E-state index < -0.39 is 52.5 Å². The summed E-state index contributed by atoms with van der Waals surface area (Å²) in [6.07, 6.45) is 3.05. The topological polar surface area (TPSA) is 117 Å². The Balaban J connectivity index is 1.48. The van der Waals surface area contributed by atoms with Crippen LogP contribution in [0.3, 0.4) is 0 Å². The minimum absolute atomic E-state index is 0.0309. The molecule has 0 amide bonds. The summed E-state index contributed by atoms with van der Waals surface area (Å²) in [6, 6.07) is 9.22. The average Bonchev–Trinajstić information content (AvgIpc) is 3.55. The van der Waals surface area contributed by atoms with Crippen LogP contribution < -0.4 is 5.69 Å². The van der Waals surface area contributed by atoms with Crippen molar-refractivity contribution in [3.8, 4) is 5.69 Å². The Morgan fingerprint density at radius 3 is 2.31 bits per heavy atom. The Hall–Kier alpha value is -4.79. The number of alkyl halides is 2. The molecule has 5 aromatic rings. The molecule has 3 aromatic heterocycles. The van der Waals surface area contributed by atoms with Crippen LogP contribution in [0.25, 0.3) is 5.69 Å².